The molecule has 0 bridgehead atoms. The first-order chi connectivity index (χ1) is 12.7. The molecule has 0 unspecified atom stereocenters. The highest BCUT2D eigenvalue weighted by Crippen LogP contribution is 2.30. The Bertz CT molecular complexity index is 1160. The second-order valence-corrected chi connectivity index (χ2v) is 6.38. The maximum Gasteiger partial charge on any atom is 0.273 e. The van der Waals surface area contributed by atoms with Crippen LogP contribution >= 0.6 is 11.3 Å². The first-order valence-electron chi connectivity index (χ1n) is 7.76. The molecule has 7 nitrogen and oxygen atoms in total. The van der Waals surface area contributed by atoms with Crippen molar-refractivity contribution in [2.24, 2.45) is 0 Å². The zero-order chi connectivity index (χ0) is 18.1. The number of benzene rings is 1. The number of ether oxygens (including phenoxy) is 1. The van der Waals surface area contributed by atoms with Gasteiger partial charge in [-0.25, -0.2) is 4.98 Å². The number of hydrogen-bond acceptors (Lipinski definition) is 5. The van der Waals surface area contributed by atoms with Gasteiger partial charge in [0, 0.05) is 40.3 Å². The standard InChI is InChI=1S/C18H14N4O3S/c1-25-16-8-20-13(6-15(16)23)17(24)22-18-21-14(9-26-18)11-7-19-12-5-3-2-4-10(11)12/h2-9,19H,1H3,(H,20,23)(H,21,22,24). The van der Waals surface area contributed by atoms with E-state index in [1.54, 1.807) is 0 Å². The molecule has 26 heavy (non-hydrogen) atoms. The maximum absolute atomic E-state index is 12.3. The number of H-pyrrole nitrogens is 2. The van der Waals surface area contributed by atoms with E-state index in [2.05, 4.69) is 20.3 Å². The number of aromatic amines is 2. The van der Waals surface area contributed by atoms with Crippen molar-refractivity contribution < 1.29 is 9.53 Å². The van der Waals surface area contributed by atoms with Crippen molar-refractivity contribution in [1.29, 1.82) is 0 Å². The molecule has 0 fully saturated rings. The van der Waals surface area contributed by atoms with E-state index < -0.39 is 5.91 Å². The second kappa shape index (κ2) is 6.49. The molecule has 8 heteroatoms. The Morgan fingerprint density at radius 2 is 2.08 bits per heavy atom. The topological polar surface area (TPSA) is 99.9 Å². The van der Waals surface area contributed by atoms with E-state index in [1.807, 2.05) is 35.8 Å². The van der Waals surface area contributed by atoms with Crippen molar-refractivity contribution in [2.45, 2.75) is 0 Å². The van der Waals surface area contributed by atoms with Gasteiger partial charge in [0.2, 0.25) is 5.43 Å². The lowest BCUT2D eigenvalue weighted by atomic mass is 10.1. The average Bonchev–Trinajstić information content (AvgIpc) is 3.28. The van der Waals surface area contributed by atoms with Crippen LogP contribution < -0.4 is 15.5 Å². The van der Waals surface area contributed by atoms with Crippen molar-refractivity contribution in [3.8, 4) is 17.0 Å². The molecule has 130 valence electrons. The summed E-state index contributed by atoms with van der Waals surface area (Å²) < 4.78 is 4.89. The summed E-state index contributed by atoms with van der Waals surface area (Å²) in [5.41, 5.74) is 2.53. The van der Waals surface area contributed by atoms with Gasteiger partial charge in [0.1, 0.15) is 5.69 Å². The number of aromatic nitrogens is 3. The predicted molar refractivity (Wildman–Crippen MR) is 101 cm³/mol. The molecule has 3 N–H and O–H groups in total. The van der Waals surface area contributed by atoms with Crippen LogP contribution in [0, 0.1) is 0 Å². The number of carbonyl (C=O) groups is 1. The molecular formula is C18H14N4O3S. The molecule has 0 aliphatic heterocycles. The minimum Gasteiger partial charge on any atom is -0.491 e. The summed E-state index contributed by atoms with van der Waals surface area (Å²) in [5.74, 6) is -0.290. The van der Waals surface area contributed by atoms with Crippen molar-refractivity contribution in [3.63, 3.8) is 0 Å². The number of rotatable bonds is 4. The number of amides is 1. The number of carbonyl (C=O) groups excluding carboxylic acids is 1. The van der Waals surface area contributed by atoms with Crippen LogP contribution in [0.25, 0.3) is 22.2 Å². The summed E-state index contributed by atoms with van der Waals surface area (Å²) in [6, 6.07) is 9.14. The Morgan fingerprint density at radius 1 is 1.23 bits per heavy atom. The van der Waals surface area contributed by atoms with Gasteiger partial charge >= 0.3 is 0 Å². The molecule has 0 spiro atoms. The van der Waals surface area contributed by atoms with Crippen LogP contribution in [0.1, 0.15) is 10.5 Å². The fourth-order valence-corrected chi connectivity index (χ4v) is 3.36. The summed E-state index contributed by atoms with van der Waals surface area (Å²) >= 11 is 1.32. The summed E-state index contributed by atoms with van der Waals surface area (Å²) in [5, 5.41) is 6.09. The first-order valence-corrected chi connectivity index (χ1v) is 8.64. The van der Waals surface area contributed by atoms with E-state index >= 15 is 0 Å². The molecule has 0 aliphatic rings. The Labute approximate surface area is 151 Å². The minimum atomic E-state index is -0.440. The number of para-hydroxylation sites is 1. The lowest BCUT2D eigenvalue weighted by Crippen LogP contribution is -2.17. The van der Waals surface area contributed by atoms with Gasteiger partial charge in [0.15, 0.2) is 10.9 Å². The van der Waals surface area contributed by atoms with E-state index in [9.17, 15) is 9.59 Å². The minimum absolute atomic E-state index is 0.139. The quantitative estimate of drug-likeness (QED) is 0.516. The molecule has 0 aliphatic carbocycles. The number of nitrogens with one attached hydrogen (secondary N) is 3. The van der Waals surface area contributed by atoms with Gasteiger partial charge in [0.05, 0.1) is 12.8 Å². The second-order valence-electron chi connectivity index (χ2n) is 5.52. The molecule has 0 radical (unpaired) electrons. The summed E-state index contributed by atoms with van der Waals surface area (Å²) in [6.07, 6.45) is 3.25. The number of pyridine rings is 1. The molecule has 0 atom stereocenters. The number of methoxy groups -OCH3 is 1. The Kier molecular flexibility index (Phi) is 4.02. The molecule has 3 heterocycles. The summed E-state index contributed by atoms with van der Waals surface area (Å²) in [4.78, 5) is 34.5. The number of anilines is 1. The number of thiazole rings is 1. The van der Waals surface area contributed by atoms with Crippen LogP contribution in [0.15, 0.2) is 52.9 Å². The molecule has 3 aromatic heterocycles. The number of hydrogen-bond donors (Lipinski definition) is 3. The third-order valence-corrected chi connectivity index (χ3v) is 4.69. The summed E-state index contributed by atoms with van der Waals surface area (Å²) in [7, 11) is 1.39. The normalized spacial score (nSPS) is 10.8. The van der Waals surface area contributed by atoms with Crippen molar-refractivity contribution in [1.82, 2.24) is 15.0 Å². The highest BCUT2D eigenvalue weighted by molar-refractivity contribution is 7.14. The molecule has 4 rings (SSSR count). The summed E-state index contributed by atoms with van der Waals surface area (Å²) in [6.45, 7) is 0. The maximum atomic E-state index is 12.3. The smallest absolute Gasteiger partial charge is 0.273 e. The Morgan fingerprint density at radius 3 is 2.88 bits per heavy atom. The van der Waals surface area contributed by atoms with Crippen LogP contribution in [0.2, 0.25) is 0 Å². The van der Waals surface area contributed by atoms with Gasteiger partial charge in [-0.15, -0.1) is 11.3 Å². The third kappa shape index (κ3) is 2.86. The fourth-order valence-electron chi connectivity index (χ4n) is 2.65. The zero-order valence-corrected chi connectivity index (χ0v) is 14.5. The van der Waals surface area contributed by atoms with E-state index in [4.69, 9.17) is 4.74 Å². The van der Waals surface area contributed by atoms with E-state index in [0.29, 0.717) is 5.13 Å². The average molecular weight is 366 g/mol. The van der Waals surface area contributed by atoms with Crippen molar-refractivity contribution in [3.05, 3.63) is 64.0 Å². The van der Waals surface area contributed by atoms with Crippen LogP contribution in [0.3, 0.4) is 0 Å². The van der Waals surface area contributed by atoms with Gasteiger partial charge in [-0.1, -0.05) is 18.2 Å². The Hall–Kier alpha value is -3.39. The number of nitrogens with zero attached hydrogens (tertiary/aromatic N) is 1. The molecule has 0 saturated carbocycles. The van der Waals surface area contributed by atoms with Crippen molar-refractivity contribution in [2.75, 3.05) is 12.4 Å². The zero-order valence-electron chi connectivity index (χ0n) is 13.7. The van der Waals surface area contributed by atoms with Crippen LogP contribution in [-0.2, 0) is 0 Å². The van der Waals surface area contributed by atoms with E-state index in [1.165, 1.54) is 30.7 Å². The fraction of sp³-hybridized carbons (Fsp3) is 0.0556. The predicted octanol–water partition coefficient (Wildman–Crippen LogP) is 3.24. The molecular weight excluding hydrogens is 352 g/mol. The van der Waals surface area contributed by atoms with Gasteiger partial charge in [-0.05, 0) is 6.07 Å². The Balaban J connectivity index is 1.58. The lowest BCUT2D eigenvalue weighted by molar-refractivity contribution is 0.102. The van der Waals surface area contributed by atoms with E-state index in [-0.39, 0.29) is 16.9 Å². The monoisotopic (exact) mass is 366 g/mol. The highest BCUT2D eigenvalue weighted by Gasteiger charge is 2.14. The largest absolute Gasteiger partial charge is 0.491 e. The van der Waals surface area contributed by atoms with Gasteiger partial charge in [0.25, 0.3) is 5.91 Å². The van der Waals surface area contributed by atoms with Crippen LogP contribution in [0.5, 0.6) is 5.75 Å². The molecule has 1 amide bonds. The third-order valence-electron chi connectivity index (χ3n) is 3.93. The van der Waals surface area contributed by atoms with Gasteiger partial charge in [-0.2, -0.15) is 0 Å². The van der Waals surface area contributed by atoms with Crippen LogP contribution in [0.4, 0.5) is 5.13 Å². The lowest BCUT2D eigenvalue weighted by Gasteiger charge is -2.03. The molecule has 0 saturated heterocycles. The highest BCUT2D eigenvalue weighted by atomic mass is 32.1. The van der Waals surface area contributed by atoms with Gasteiger partial charge in [-0.3, -0.25) is 14.9 Å². The first kappa shape index (κ1) is 16.1. The van der Waals surface area contributed by atoms with Gasteiger partial charge < -0.3 is 14.7 Å². The molecule has 4 aromatic rings. The SMILES string of the molecule is COc1c[nH]c(C(=O)Nc2nc(-c3c[nH]c4ccccc34)cs2)cc1=O. The van der Waals surface area contributed by atoms with Crippen molar-refractivity contribution >= 4 is 33.3 Å². The van der Waals surface area contributed by atoms with Crippen LogP contribution in [-0.4, -0.2) is 28.0 Å². The molecule has 1 aromatic carbocycles. The van der Waals surface area contributed by atoms with E-state index in [0.717, 1.165) is 22.2 Å². The number of fused-ring (bicyclic) bond motifs is 1.